The van der Waals surface area contributed by atoms with E-state index in [-0.39, 0.29) is 17.6 Å². The lowest BCUT2D eigenvalue weighted by atomic mass is 10.2. The van der Waals surface area contributed by atoms with E-state index in [0.29, 0.717) is 41.1 Å². The Labute approximate surface area is 215 Å². The first-order chi connectivity index (χ1) is 17.2. The molecule has 1 aromatic heterocycles. The summed E-state index contributed by atoms with van der Waals surface area (Å²) in [5.74, 6) is 1.31. The molecule has 190 valence electrons. The number of aryl methyl sites for hydroxylation is 1. The quantitative estimate of drug-likeness (QED) is 0.371. The van der Waals surface area contributed by atoms with Crippen molar-refractivity contribution in [2.24, 2.45) is 0 Å². The van der Waals surface area contributed by atoms with Crippen molar-refractivity contribution in [3.8, 4) is 17.2 Å². The predicted molar refractivity (Wildman–Crippen MR) is 140 cm³/mol. The molecule has 0 aliphatic heterocycles. The number of ether oxygens (including phenoxy) is 2. The summed E-state index contributed by atoms with van der Waals surface area (Å²) in [6, 6.07) is 13.6. The van der Waals surface area contributed by atoms with Gasteiger partial charge in [0.05, 0.1) is 5.69 Å². The van der Waals surface area contributed by atoms with Gasteiger partial charge in [-0.25, -0.2) is 4.79 Å². The second-order valence-electron chi connectivity index (χ2n) is 8.26. The normalized spacial score (nSPS) is 10.6. The highest BCUT2D eigenvalue weighted by molar-refractivity contribution is 6.31. The van der Waals surface area contributed by atoms with Crippen LogP contribution in [0, 0.1) is 6.92 Å². The van der Waals surface area contributed by atoms with Crippen LogP contribution in [-0.2, 0) is 6.54 Å². The maximum atomic E-state index is 12.6. The number of hydrogen-bond donors (Lipinski definition) is 3. The Morgan fingerprint density at radius 1 is 1.06 bits per heavy atom. The zero-order valence-corrected chi connectivity index (χ0v) is 21.5. The van der Waals surface area contributed by atoms with Gasteiger partial charge in [-0.05, 0) is 56.4 Å². The van der Waals surface area contributed by atoms with Gasteiger partial charge in [0.15, 0.2) is 0 Å². The van der Waals surface area contributed by atoms with Crippen LogP contribution in [0.4, 0.5) is 10.5 Å². The molecule has 2 aromatic carbocycles. The van der Waals surface area contributed by atoms with Crippen LogP contribution in [0.1, 0.15) is 21.6 Å². The van der Waals surface area contributed by atoms with E-state index >= 15 is 0 Å². The minimum absolute atomic E-state index is 0.268. The van der Waals surface area contributed by atoms with Crippen molar-refractivity contribution in [2.45, 2.75) is 13.5 Å². The number of anilines is 1. The number of rotatable bonds is 10. The van der Waals surface area contributed by atoms with Crippen molar-refractivity contribution in [2.75, 3.05) is 39.6 Å². The molecule has 3 aromatic rings. The third-order valence-electron chi connectivity index (χ3n) is 5.11. The Morgan fingerprint density at radius 2 is 1.81 bits per heavy atom. The van der Waals surface area contributed by atoms with E-state index in [2.05, 4.69) is 20.9 Å². The van der Waals surface area contributed by atoms with Gasteiger partial charge in [0.1, 0.15) is 29.5 Å². The highest BCUT2D eigenvalue weighted by Crippen LogP contribution is 2.31. The fraction of sp³-hybridized carbons (Fsp3) is 0.269. The Kier molecular flexibility index (Phi) is 9.49. The Hall–Kier alpha value is -3.82. The molecule has 0 fully saturated rings. The summed E-state index contributed by atoms with van der Waals surface area (Å²) in [5.41, 5.74) is 2.53. The van der Waals surface area contributed by atoms with Crippen LogP contribution in [0.3, 0.4) is 0 Å². The number of carbonyl (C=O) groups is 2. The largest absolute Gasteiger partial charge is 0.490 e. The molecule has 0 aliphatic rings. The number of benzene rings is 2. The van der Waals surface area contributed by atoms with Crippen LogP contribution < -0.4 is 25.4 Å². The summed E-state index contributed by atoms with van der Waals surface area (Å²) in [7, 11) is 5.46. The van der Waals surface area contributed by atoms with Crippen molar-refractivity contribution in [3.05, 3.63) is 76.6 Å². The lowest BCUT2D eigenvalue weighted by Gasteiger charge is -2.16. The minimum atomic E-state index is -0.368. The molecule has 0 saturated carbocycles. The van der Waals surface area contributed by atoms with Crippen LogP contribution in [0.2, 0.25) is 5.02 Å². The number of hydrogen-bond acceptors (Lipinski definition) is 6. The van der Waals surface area contributed by atoms with Crippen LogP contribution in [0.25, 0.3) is 0 Å². The minimum Gasteiger partial charge on any atom is -0.490 e. The molecule has 0 spiro atoms. The second kappa shape index (κ2) is 12.8. The topological polar surface area (TPSA) is 105 Å². The fourth-order valence-electron chi connectivity index (χ4n) is 3.11. The lowest BCUT2D eigenvalue weighted by Crippen LogP contribution is -2.28. The number of urea groups is 1. The summed E-state index contributed by atoms with van der Waals surface area (Å²) in [6.45, 7) is 3.37. The van der Waals surface area contributed by atoms with Crippen LogP contribution in [0.15, 0.2) is 54.7 Å². The van der Waals surface area contributed by atoms with E-state index < -0.39 is 0 Å². The van der Waals surface area contributed by atoms with E-state index in [4.69, 9.17) is 21.1 Å². The van der Waals surface area contributed by atoms with Gasteiger partial charge < -0.3 is 30.3 Å². The average molecular weight is 512 g/mol. The number of carbonyl (C=O) groups excluding carboxylic acids is 2. The van der Waals surface area contributed by atoms with Gasteiger partial charge in [-0.15, -0.1) is 0 Å². The highest BCUT2D eigenvalue weighted by Gasteiger charge is 2.12. The van der Waals surface area contributed by atoms with Crippen molar-refractivity contribution in [3.63, 3.8) is 0 Å². The average Bonchev–Trinajstić information content (AvgIpc) is 2.86. The molecule has 36 heavy (non-hydrogen) atoms. The smallest absolute Gasteiger partial charge is 0.319 e. The maximum absolute atomic E-state index is 12.6. The number of amides is 3. The van der Waals surface area contributed by atoms with Crippen LogP contribution in [0.5, 0.6) is 17.2 Å². The van der Waals surface area contributed by atoms with Gasteiger partial charge in [-0.3, -0.25) is 9.78 Å². The Balaban J connectivity index is 1.56. The molecule has 1 heterocycles. The first-order valence-electron chi connectivity index (χ1n) is 11.3. The van der Waals surface area contributed by atoms with Crippen molar-refractivity contribution in [1.29, 1.82) is 0 Å². The zero-order chi connectivity index (χ0) is 26.1. The van der Waals surface area contributed by atoms with Gasteiger partial charge in [-0.2, -0.15) is 0 Å². The summed E-state index contributed by atoms with van der Waals surface area (Å²) >= 11 is 6.25. The molecule has 3 N–H and O–H groups in total. The van der Waals surface area contributed by atoms with Crippen LogP contribution >= 0.6 is 11.6 Å². The molecular weight excluding hydrogens is 482 g/mol. The summed E-state index contributed by atoms with van der Waals surface area (Å²) < 4.78 is 11.6. The number of likely N-dealkylation sites (N-methyl/N-ethyl adjacent to an activating group) is 1. The Bertz CT molecular complexity index is 1200. The third-order valence-corrected chi connectivity index (χ3v) is 5.52. The summed E-state index contributed by atoms with van der Waals surface area (Å²) in [6.07, 6.45) is 1.51. The van der Waals surface area contributed by atoms with Gasteiger partial charge in [0.25, 0.3) is 5.91 Å². The molecule has 3 rings (SSSR count). The van der Waals surface area contributed by atoms with Crippen molar-refractivity contribution < 1.29 is 19.1 Å². The molecule has 0 radical (unpaired) electrons. The number of nitrogens with one attached hydrogen (secondary N) is 3. The number of nitrogens with zero attached hydrogens (tertiary/aromatic N) is 2. The van der Waals surface area contributed by atoms with Gasteiger partial charge in [0, 0.05) is 43.5 Å². The predicted octanol–water partition coefficient (Wildman–Crippen LogP) is 4.46. The van der Waals surface area contributed by atoms with Gasteiger partial charge in [0.2, 0.25) is 0 Å². The van der Waals surface area contributed by atoms with E-state index in [1.54, 1.807) is 43.4 Å². The van der Waals surface area contributed by atoms with Gasteiger partial charge in [-0.1, -0.05) is 23.7 Å². The molecule has 0 saturated heterocycles. The summed E-state index contributed by atoms with van der Waals surface area (Å²) in [5, 5.41) is 8.78. The highest BCUT2D eigenvalue weighted by atomic mass is 35.5. The maximum Gasteiger partial charge on any atom is 0.319 e. The van der Waals surface area contributed by atoms with E-state index in [0.717, 1.165) is 17.7 Å². The lowest BCUT2D eigenvalue weighted by molar-refractivity contribution is 0.0957. The molecule has 0 atom stereocenters. The molecule has 0 aliphatic carbocycles. The zero-order valence-electron chi connectivity index (χ0n) is 20.7. The number of halogens is 1. The molecule has 0 unspecified atom stereocenters. The molecule has 9 nitrogen and oxygen atoms in total. The number of pyridine rings is 1. The fourth-order valence-corrected chi connectivity index (χ4v) is 3.26. The first-order valence-corrected chi connectivity index (χ1v) is 11.7. The van der Waals surface area contributed by atoms with Gasteiger partial charge >= 0.3 is 6.03 Å². The van der Waals surface area contributed by atoms with E-state index in [1.807, 2.05) is 38.1 Å². The molecule has 3 amide bonds. The first kappa shape index (κ1) is 26.8. The van der Waals surface area contributed by atoms with Crippen LogP contribution in [-0.4, -0.2) is 56.1 Å². The second-order valence-corrected chi connectivity index (χ2v) is 8.67. The molecule has 0 bridgehead atoms. The van der Waals surface area contributed by atoms with E-state index in [9.17, 15) is 9.59 Å². The standard InChI is InChI=1S/C26H30ClN5O4/c1-17-13-22(24(15-21(17)27)35-12-11-32(3)4)31-26(34)30-16-18-5-7-19(8-6-18)36-20-9-10-29-23(14-20)25(33)28-2/h5-10,13-15H,11-12,16H2,1-4H3,(H,28,33)(H2,30,31,34). The van der Waals surface area contributed by atoms with E-state index in [1.165, 1.54) is 6.20 Å². The Morgan fingerprint density at radius 3 is 2.50 bits per heavy atom. The molecular formula is C26H30ClN5O4. The monoisotopic (exact) mass is 511 g/mol. The van der Waals surface area contributed by atoms with Crippen molar-refractivity contribution >= 4 is 29.2 Å². The third kappa shape index (κ3) is 7.86. The SMILES string of the molecule is CNC(=O)c1cc(Oc2ccc(CNC(=O)Nc3cc(C)c(Cl)cc3OCCN(C)C)cc2)ccn1. The number of aromatic nitrogens is 1. The van der Waals surface area contributed by atoms with Crippen molar-refractivity contribution in [1.82, 2.24) is 20.5 Å². The summed E-state index contributed by atoms with van der Waals surface area (Å²) in [4.78, 5) is 30.3. The molecule has 10 heteroatoms.